The van der Waals surface area contributed by atoms with E-state index in [1.165, 1.54) is 44.6 Å². The van der Waals surface area contributed by atoms with Crippen molar-refractivity contribution in [3.05, 3.63) is 58.1 Å². The molecule has 0 heterocycles. The Balaban J connectivity index is 1.97. The van der Waals surface area contributed by atoms with Crippen LogP contribution in [0.4, 0.5) is 11.4 Å². The molecule has 2 aromatic rings. The molecule has 10 heteroatoms. The number of benzene rings is 2. The number of methoxy groups -OCH3 is 2. The Labute approximate surface area is 166 Å². The Morgan fingerprint density at radius 3 is 2.55 bits per heavy atom. The quantitative estimate of drug-likeness (QED) is 0.398. The molecule has 0 saturated heterocycles. The number of nitro benzene ring substituents is 1. The number of hydrazone groups is 1. The lowest BCUT2D eigenvalue weighted by molar-refractivity contribution is -0.384. The maximum atomic E-state index is 12.3. The van der Waals surface area contributed by atoms with Crippen LogP contribution in [0.1, 0.15) is 23.7 Å². The fourth-order valence-corrected chi connectivity index (χ4v) is 2.37. The summed E-state index contributed by atoms with van der Waals surface area (Å²) in [7, 11) is 2.93. The zero-order valence-electron chi connectivity index (χ0n) is 16.1. The zero-order chi connectivity index (χ0) is 21.4. The van der Waals surface area contributed by atoms with Gasteiger partial charge < -0.3 is 14.8 Å². The monoisotopic (exact) mass is 400 g/mol. The van der Waals surface area contributed by atoms with Gasteiger partial charge >= 0.3 is 0 Å². The van der Waals surface area contributed by atoms with Crippen molar-refractivity contribution in [2.75, 3.05) is 19.5 Å². The third-order valence-corrected chi connectivity index (χ3v) is 3.76. The van der Waals surface area contributed by atoms with Crippen LogP contribution in [0.3, 0.4) is 0 Å². The molecular weight excluding hydrogens is 380 g/mol. The minimum Gasteiger partial charge on any atom is -0.497 e. The minimum absolute atomic E-state index is 0.108. The van der Waals surface area contributed by atoms with Gasteiger partial charge in [0.25, 0.3) is 11.6 Å². The van der Waals surface area contributed by atoms with E-state index in [9.17, 15) is 19.7 Å². The number of nitro groups is 1. The van der Waals surface area contributed by atoms with Gasteiger partial charge in [0.1, 0.15) is 11.5 Å². The van der Waals surface area contributed by atoms with Crippen LogP contribution in [0.25, 0.3) is 0 Å². The zero-order valence-corrected chi connectivity index (χ0v) is 16.1. The number of carbonyl (C=O) groups is 2. The number of ether oxygens (including phenoxy) is 2. The van der Waals surface area contributed by atoms with Gasteiger partial charge in [0.15, 0.2) is 0 Å². The van der Waals surface area contributed by atoms with Crippen LogP contribution in [0, 0.1) is 10.1 Å². The second-order valence-corrected chi connectivity index (χ2v) is 5.89. The first-order chi connectivity index (χ1) is 13.8. The lowest BCUT2D eigenvalue weighted by Gasteiger charge is -2.09. The minimum atomic E-state index is -0.550. The molecule has 2 amide bonds. The van der Waals surface area contributed by atoms with Crippen LogP contribution in [0.2, 0.25) is 0 Å². The van der Waals surface area contributed by atoms with Crippen molar-refractivity contribution < 1.29 is 24.0 Å². The molecule has 0 spiro atoms. The summed E-state index contributed by atoms with van der Waals surface area (Å²) < 4.78 is 10.3. The molecular formula is C19H20N4O6. The summed E-state index contributed by atoms with van der Waals surface area (Å²) in [6, 6.07) is 10.3. The van der Waals surface area contributed by atoms with E-state index >= 15 is 0 Å². The first kappa shape index (κ1) is 21.4. The number of nitrogens with zero attached hydrogens (tertiary/aromatic N) is 2. The molecule has 0 aliphatic carbocycles. The molecule has 10 nitrogen and oxygen atoms in total. The molecule has 0 fully saturated rings. The van der Waals surface area contributed by atoms with E-state index in [0.29, 0.717) is 22.9 Å². The van der Waals surface area contributed by atoms with Gasteiger partial charge in [-0.15, -0.1) is 0 Å². The van der Waals surface area contributed by atoms with Crippen LogP contribution < -0.4 is 20.2 Å². The van der Waals surface area contributed by atoms with E-state index in [1.54, 1.807) is 19.1 Å². The van der Waals surface area contributed by atoms with Crippen molar-refractivity contribution in [1.29, 1.82) is 0 Å². The summed E-state index contributed by atoms with van der Waals surface area (Å²) in [6.45, 7) is 1.57. The lowest BCUT2D eigenvalue weighted by Crippen LogP contribution is -2.22. The molecule has 29 heavy (non-hydrogen) atoms. The van der Waals surface area contributed by atoms with Gasteiger partial charge in [0.2, 0.25) is 5.91 Å². The average Bonchev–Trinajstić information content (AvgIpc) is 2.71. The van der Waals surface area contributed by atoms with Crippen LogP contribution in [-0.2, 0) is 4.79 Å². The maximum Gasteiger partial charge on any atom is 0.275 e. The van der Waals surface area contributed by atoms with Gasteiger partial charge in [-0.05, 0) is 25.1 Å². The number of nitrogens with one attached hydrogen (secondary N) is 2. The van der Waals surface area contributed by atoms with Crippen LogP contribution in [-0.4, -0.2) is 36.7 Å². The van der Waals surface area contributed by atoms with Crippen molar-refractivity contribution in [2.24, 2.45) is 5.10 Å². The first-order valence-electron chi connectivity index (χ1n) is 8.44. The Morgan fingerprint density at radius 2 is 1.90 bits per heavy atom. The number of amides is 2. The highest BCUT2D eigenvalue weighted by molar-refractivity contribution is 6.06. The molecule has 0 atom stereocenters. The normalized spacial score (nSPS) is 10.8. The molecule has 0 unspecified atom stereocenters. The maximum absolute atomic E-state index is 12.3. The first-order valence-corrected chi connectivity index (χ1v) is 8.44. The Kier molecular flexibility index (Phi) is 7.24. The van der Waals surface area contributed by atoms with Gasteiger partial charge in [-0.25, -0.2) is 5.43 Å². The second-order valence-electron chi connectivity index (χ2n) is 5.89. The van der Waals surface area contributed by atoms with Gasteiger partial charge in [-0.2, -0.15) is 5.10 Å². The summed E-state index contributed by atoms with van der Waals surface area (Å²) in [6.07, 6.45) is -0.108. The van der Waals surface area contributed by atoms with E-state index in [-0.39, 0.29) is 17.7 Å². The molecule has 2 rings (SSSR count). The van der Waals surface area contributed by atoms with Crippen molar-refractivity contribution >= 4 is 28.9 Å². The van der Waals surface area contributed by atoms with E-state index < -0.39 is 16.7 Å². The standard InChI is InChI=1S/C19H20N4O6/c1-12(9-18(24)20-13-5-4-6-14(10-13)23(26)27)21-22-19(25)16-8-7-15(28-2)11-17(16)29-3/h4-8,10-11H,9H2,1-3H3,(H,20,24)(H,22,25)/b21-12-. The fourth-order valence-electron chi connectivity index (χ4n) is 2.37. The van der Waals surface area contributed by atoms with Gasteiger partial charge in [0.05, 0.1) is 31.1 Å². The molecule has 0 aliphatic rings. The molecule has 152 valence electrons. The summed E-state index contributed by atoms with van der Waals surface area (Å²) in [5, 5.41) is 17.2. The lowest BCUT2D eigenvalue weighted by atomic mass is 10.2. The molecule has 2 aromatic carbocycles. The number of anilines is 1. The molecule has 0 aromatic heterocycles. The highest BCUT2D eigenvalue weighted by atomic mass is 16.6. The number of carbonyl (C=O) groups excluding carboxylic acids is 2. The Bertz CT molecular complexity index is 957. The summed E-state index contributed by atoms with van der Waals surface area (Å²) in [5.74, 6) is -0.0833. The number of rotatable bonds is 8. The molecule has 0 bridgehead atoms. The summed E-state index contributed by atoms with van der Waals surface area (Å²) in [5.41, 5.74) is 3.12. The number of hydrogen-bond donors (Lipinski definition) is 2. The molecule has 2 N–H and O–H groups in total. The van der Waals surface area contributed by atoms with Crippen molar-refractivity contribution in [3.8, 4) is 11.5 Å². The fraction of sp³-hybridized carbons (Fsp3) is 0.211. The molecule has 0 saturated carbocycles. The van der Waals surface area contributed by atoms with E-state index in [4.69, 9.17) is 9.47 Å². The smallest absolute Gasteiger partial charge is 0.275 e. The third kappa shape index (κ3) is 6.03. The highest BCUT2D eigenvalue weighted by Gasteiger charge is 2.14. The van der Waals surface area contributed by atoms with Crippen LogP contribution >= 0.6 is 0 Å². The van der Waals surface area contributed by atoms with E-state index in [1.807, 2.05) is 0 Å². The topological polar surface area (TPSA) is 132 Å². The molecule has 0 aliphatic heterocycles. The predicted molar refractivity (Wildman–Crippen MR) is 106 cm³/mol. The second kappa shape index (κ2) is 9.83. The van der Waals surface area contributed by atoms with Crippen molar-refractivity contribution in [2.45, 2.75) is 13.3 Å². The van der Waals surface area contributed by atoms with Gasteiger partial charge in [0, 0.05) is 29.6 Å². The van der Waals surface area contributed by atoms with Crippen molar-refractivity contribution in [1.82, 2.24) is 5.43 Å². The summed E-state index contributed by atoms with van der Waals surface area (Å²) in [4.78, 5) is 34.6. The Morgan fingerprint density at radius 1 is 1.14 bits per heavy atom. The number of non-ortho nitro benzene ring substituents is 1. The SMILES string of the molecule is COc1ccc(C(=O)N/N=C(/C)CC(=O)Nc2cccc([N+](=O)[O-])c2)c(OC)c1. The third-order valence-electron chi connectivity index (χ3n) is 3.76. The summed E-state index contributed by atoms with van der Waals surface area (Å²) >= 11 is 0. The van der Waals surface area contributed by atoms with E-state index in [0.717, 1.165) is 0 Å². The predicted octanol–water partition coefficient (Wildman–Crippen LogP) is 2.75. The van der Waals surface area contributed by atoms with Crippen molar-refractivity contribution in [3.63, 3.8) is 0 Å². The van der Waals surface area contributed by atoms with E-state index in [2.05, 4.69) is 15.8 Å². The average molecular weight is 400 g/mol. The van der Waals surface area contributed by atoms with Gasteiger partial charge in [-0.3, -0.25) is 19.7 Å². The number of hydrogen-bond acceptors (Lipinski definition) is 7. The van der Waals surface area contributed by atoms with Gasteiger partial charge in [-0.1, -0.05) is 6.07 Å². The Hall–Kier alpha value is -3.95. The largest absolute Gasteiger partial charge is 0.497 e. The highest BCUT2D eigenvalue weighted by Crippen LogP contribution is 2.24. The molecule has 0 radical (unpaired) electrons. The van der Waals surface area contributed by atoms with Crippen LogP contribution in [0.15, 0.2) is 47.6 Å². The van der Waals surface area contributed by atoms with Crippen LogP contribution in [0.5, 0.6) is 11.5 Å².